The zero-order valence-electron chi connectivity index (χ0n) is 15.7. The number of hydrogen-bond donors (Lipinski definition) is 0. The number of carbonyl (C=O) groups excluding carboxylic acids is 1. The summed E-state index contributed by atoms with van der Waals surface area (Å²) in [6.45, 7) is 0. The molecule has 28 heavy (non-hydrogen) atoms. The van der Waals surface area contributed by atoms with Crippen LogP contribution in [0.5, 0.6) is 11.5 Å². The van der Waals surface area contributed by atoms with Crippen LogP contribution in [0.4, 0.5) is 0 Å². The van der Waals surface area contributed by atoms with Gasteiger partial charge in [0.2, 0.25) is 0 Å². The van der Waals surface area contributed by atoms with E-state index in [4.69, 9.17) is 9.47 Å². The van der Waals surface area contributed by atoms with E-state index in [9.17, 15) is 4.79 Å². The SMILES string of the molecule is COc1ccc(OC)c(C(=O)CSc2nnc(-c3cccnc3)n2C2CC2)c1. The average Bonchev–Trinajstić information content (AvgIpc) is 3.50. The number of thioether (sulfide) groups is 1. The first-order valence-corrected chi connectivity index (χ1v) is 9.93. The minimum Gasteiger partial charge on any atom is -0.497 e. The number of ketones is 1. The maximum atomic E-state index is 12.8. The quantitative estimate of drug-likeness (QED) is 0.425. The number of ether oxygens (including phenoxy) is 2. The highest BCUT2D eigenvalue weighted by Crippen LogP contribution is 2.41. The second-order valence-electron chi connectivity index (χ2n) is 6.43. The van der Waals surface area contributed by atoms with Gasteiger partial charge in [-0.3, -0.25) is 14.3 Å². The van der Waals surface area contributed by atoms with Gasteiger partial charge in [0.1, 0.15) is 11.5 Å². The lowest BCUT2D eigenvalue weighted by Crippen LogP contribution is -2.07. The normalized spacial score (nSPS) is 13.4. The van der Waals surface area contributed by atoms with Crippen LogP contribution >= 0.6 is 11.8 Å². The van der Waals surface area contributed by atoms with Crippen LogP contribution in [-0.4, -0.2) is 45.5 Å². The van der Waals surface area contributed by atoms with Gasteiger partial charge in [0, 0.05) is 24.0 Å². The fraction of sp³-hybridized carbons (Fsp3) is 0.300. The Hall–Kier alpha value is -2.87. The van der Waals surface area contributed by atoms with Gasteiger partial charge in [0.05, 0.1) is 25.5 Å². The van der Waals surface area contributed by atoms with Gasteiger partial charge in [0.15, 0.2) is 16.8 Å². The molecular formula is C20H20N4O3S. The largest absolute Gasteiger partial charge is 0.497 e. The van der Waals surface area contributed by atoms with E-state index in [1.54, 1.807) is 44.8 Å². The maximum absolute atomic E-state index is 12.8. The summed E-state index contributed by atoms with van der Waals surface area (Å²) in [6, 6.07) is 9.45. The number of rotatable bonds is 8. The third-order valence-electron chi connectivity index (χ3n) is 4.54. The molecule has 144 valence electrons. The molecule has 7 nitrogen and oxygen atoms in total. The number of hydrogen-bond acceptors (Lipinski definition) is 7. The van der Waals surface area contributed by atoms with Gasteiger partial charge < -0.3 is 9.47 Å². The van der Waals surface area contributed by atoms with E-state index in [0.717, 1.165) is 29.4 Å². The first kappa shape index (κ1) is 18.5. The Morgan fingerprint density at radius 2 is 2.07 bits per heavy atom. The Balaban J connectivity index is 1.56. The molecule has 4 rings (SSSR count). The Kier molecular flexibility index (Phi) is 5.29. The molecule has 1 aromatic carbocycles. The molecule has 1 fully saturated rings. The number of nitrogens with zero attached hydrogens (tertiary/aromatic N) is 4. The monoisotopic (exact) mass is 396 g/mol. The highest BCUT2D eigenvalue weighted by atomic mass is 32.2. The number of benzene rings is 1. The summed E-state index contributed by atoms with van der Waals surface area (Å²) in [7, 11) is 3.12. The molecule has 0 spiro atoms. The lowest BCUT2D eigenvalue weighted by molar-refractivity contribution is 0.101. The van der Waals surface area contributed by atoms with Crippen LogP contribution in [0, 0.1) is 0 Å². The Morgan fingerprint density at radius 1 is 1.21 bits per heavy atom. The first-order valence-electron chi connectivity index (χ1n) is 8.94. The Morgan fingerprint density at radius 3 is 2.75 bits per heavy atom. The number of pyridine rings is 1. The minimum absolute atomic E-state index is 0.0472. The molecule has 0 unspecified atom stereocenters. The number of carbonyl (C=O) groups is 1. The summed E-state index contributed by atoms with van der Waals surface area (Å²) in [6.07, 6.45) is 5.70. The molecular weight excluding hydrogens is 376 g/mol. The van der Waals surface area contributed by atoms with Gasteiger partial charge >= 0.3 is 0 Å². The van der Waals surface area contributed by atoms with Crippen molar-refractivity contribution < 1.29 is 14.3 Å². The molecule has 0 amide bonds. The summed E-state index contributed by atoms with van der Waals surface area (Å²) in [5.74, 6) is 2.14. The highest BCUT2D eigenvalue weighted by Gasteiger charge is 2.30. The van der Waals surface area contributed by atoms with E-state index in [1.165, 1.54) is 11.8 Å². The van der Waals surface area contributed by atoms with Crippen molar-refractivity contribution in [3.8, 4) is 22.9 Å². The number of methoxy groups -OCH3 is 2. The van der Waals surface area contributed by atoms with E-state index in [0.29, 0.717) is 23.1 Å². The van der Waals surface area contributed by atoms with Crippen molar-refractivity contribution in [2.75, 3.05) is 20.0 Å². The lowest BCUT2D eigenvalue weighted by Gasteiger charge is -2.10. The van der Waals surface area contributed by atoms with Crippen molar-refractivity contribution in [1.82, 2.24) is 19.7 Å². The molecule has 0 atom stereocenters. The van der Waals surface area contributed by atoms with Gasteiger partial charge in [-0.2, -0.15) is 0 Å². The highest BCUT2D eigenvalue weighted by molar-refractivity contribution is 7.99. The van der Waals surface area contributed by atoms with Crippen LogP contribution in [0.3, 0.4) is 0 Å². The molecule has 0 aliphatic heterocycles. The van der Waals surface area contributed by atoms with Crippen LogP contribution in [0.15, 0.2) is 47.9 Å². The van der Waals surface area contributed by atoms with Crippen LogP contribution in [-0.2, 0) is 0 Å². The van der Waals surface area contributed by atoms with Crippen molar-refractivity contribution in [3.63, 3.8) is 0 Å². The molecule has 0 saturated heterocycles. The van der Waals surface area contributed by atoms with Crippen molar-refractivity contribution in [2.24, 2.45) is 0 Å². The molecule has 1 aliphatic carbocycles. The van der Waals surface area contributed by atoms with Crippen LogP contribution in [0.2, 0.25) is 0 Å². The summed E-state index contributed by atoms with van der Waals surface area (Å²) >= 11 is 1.39. The fourth-order valence-electron chi connectivity index (χ4n) is 2.97. The Labute approximate surface area is 167 Å². The molecule has 3 aromatic rings. The Bertz CT molecular complexity index is 986. The molecule has 1 aliphatic rings. The zero-order valence-corrected chi connectivity index (χ0v) is 16.5. The second-order valence-corrected chi connectivity index (χ2v) is 7.37. The van der Waals surface area contributed by atoms with Gasteiger partial charge in [-0.1, -0.05) is 11.8 Å². The van der Waals surface area contributed by atoms with E-state index < -0.39 is 0 Å². The van der Waals surface area contributed by atoms with E-state index in [-0.39, 0.29) is 11.5 Å². The summed E-state index contributed by atoms with van der Waals surface area (Å²) in [5, 5.41) is 9.44. The van der Waals surface area contributed by atoms with Crippen molar-refractivity contribution in [3.05, 3.63) is 48.3 Å². The molecule has 2 aromatic heterocycles. The third kappa shape index (κ3) is 3.73. The topological polar surface area (TPSA) is 79.1 Å². The third-order valence-corrected chi connectivity index (χ3v) is 5.48. The molecule has 0 N–H and O–H groups in total. The van der Waals surface area contributed by atoms with Crippen molar-refractivity contribution in [2.45, 2.75) is 24.0 Å². The van der Waals surface area contributed by atoms with E-state index in [1.807, 2.05) is 12.1 Å². The zero-order chi connectivity index (χ0) is 19.5. The maximum Gasteiger partial charge on any atom is 0.192 e. The molecule has 0 radical (unpaired) electrons. The predicted molar refractivity (Wildman–Crippen MR) is 106 cm³/mol. The second kappa shape index (κ2) is 8.02. The van der Waals surface area contributed by atoms with Gasteiger partial charge in [0.25, 0.3) is 0 Å². The van der Waals surface area contributed by atoms with Crippen LogP contribution in [0.1, 0.15) is 29.2 Å². The number of Topliss-reactive ketones (excluding diaryl/α,β-unsaturated/α-hetero) is 1. The van der Waals surface area contributed by atoms with Gasteiger partial charge in [-0.25, -0.2) is 0 Å². The molecule has 8 heteroatoms. The molecule has 2 heterocycles. The lowest BCUT2D eigenvalue weighted by atomic mass is 10.1. The predicted octanol–water partition coefficient (Wildman–Crippen LogP) is 3.67. The van der Waals surface area contributed by atoms with Crippen molar-refractivity contribution >= 4 is 17.5 Å². The summed E-state index contributed by atoms with van der Waals surface area (Å²) in [5.41, 5.74) is 1.42. The standard InChI is InChI=1S/C20H20N4O3S/c1-26-15-7-8-18(27-2)16(10-15)17(25)12-28-20-23-22-19(24(20)14-5-6-14)13-4-3-9-21-11-13/h3-4,7-11,14H,5-6,12H2,1-2H3. The smallest absolute Gasteiger partial charge is 0.192 e. The average molecular weight is 396 g/mol. The summed E-state index contributed by atoms with van der Waals surface area (Å²) < 4.78 is 12.7. The van der Waals surface area contributed by atoms with Crippen molar-refractivity contribution in [1.29, 1.82) is 0 Å². The molecule has 1 saturated carbocycles. The van der Waals surface area contributed by atoms with E-state index >= 15 is 0 Å². The van der Waals surface area contributed by atoms with Crippen LogP contribution in [0.25, 0.3) is 11.4 Å². The summed E-state index contributed by atoms with van der Waals surface area (Å²) in [4.78, 5) is 17.0. The van der Waals surface area contributed by atoms with Gasteiger partial charge in [-0.05, 0) is 43.2 Å². The van der Waals surface area contributed by atoms with E-state index in [2.05, 4.69) is 19.7 Å². The van der Waals surface area contributed by atoms with Gasteiger partial charge in [-0.15, -0.1) is 10.2 Å². The fourth-order valence-corrected chi connectivity index (χ4v) is 3.86. The molecule has 0 bridgehead atoms. The number of aromatic nitrogens is 4. The minimum atomic E-state index is -0.0472. The van der Waals surface area contributed by atoms with Crippen LogP contribution < -0.4 is 9.47 Å². The first-order chi connectivity index (χ1) is 13.7.